The van der Waals surface area contributed by atoms with Gasteiger partial charge >= 0.3 is 0 Å². The molecule has 2 aliphatic heterocycles. The number of amides is 1. The van der Waals surface area contributed by atoms with E-state index in [1.807, 2.05) is 43.3 Å². The third-order valence-corrected chi connectivity index (χ3v) is 7.34. The highest BCUT2D eigenvalue weighted by molar-refractivity contribution is 8.19. The maximum atomic E-state index is 13.6. The lowest BCUT2D eigenvalue weighted by molar-refractivity contribution is -0.113. The van der Waals surface area contributed by atoms with Gasteiger partial charge in [-0.25, -0.2) is 4.99 Å². The summed E-state index contributed by atoms with van der Waals surface area (Å²) in [5, 5.41) is 1.09. The summed E-state index contributed by atoms with van der Waals surface area (Å²) >= 11 is 7.81. The van der Waals surface area contributed by atoms with Gasteiger partial charge in [0.25, 0.3) is 5.91 Å². The lowest BCUT2D eigenvalue weighted by atomic mass is 10.1. The van der Waals surface area contributed by atoms with Crippen LogP contribution in [-0.4, -0.2) is 17.9 Å². The Morgan fingerprint density at radius 1 is 0.912 bits per heavy atom. The van der Waals surface area contributed by atoms with Crippen LogP contribution in [0.3, 0.4) is 0 Å². The van der Waals surface area contributed by atoms with E-state index in [2.05, 4.69) is 20.8 Å². The molecule has 0 atom stereocenters. The Bertz CT molecular complexity index is 1400. The SMILES string of the molecule is Cc1ccc(N=C2S/C(=C/c3cc4c(cc3Cl)OCO4)C(=O)N2c2ccc(C)c(C)c2)cc1C. The van der Waals surface area contributed by atoms with Crippen molar-refractivity contribution >= 4 is 51.9 Å². The highest BCUT2D eigenvalue weighted by Crippen LogP contribution is 2.41. The molecule has 0 N–H and O–H groups in total. The van der Waals surface area contributed by atoms with Crippen molar-refractivity contribution in [1.82, 2.24) is 0 Å². The molecule has 0 aliphatic carbocycles. The van der Waals surface area contributed by atoms with Crippen molar-refractivity contribution in [3.8, 4) is 11.5 Å². The van der Waals surface area contributed by atoms with E-state index in [1.165, 1.54) is 22.9 Å². The average molecular weight is 491 g/mol. The molecule has 1 saturated heterocycles. The Balaban J connectivity index is 1.60. The lowest BCUT2D eigenvalue weighted by Crippen LogP contribution is -2.28. The molecule has 3 aromatic carbocycles. The van der Waals surface area contributed by atoms with Gasteiger partial charge in [-0.1, -0.05) is 23.7 Å². The van der Waals surface area contributed by atoms with Gasteiger partial charge < -0.3 is 9.47 Å². The van der Waals surface area contributed by atoms with E-state index in [-0.39, 0.29) is 12.7 Å². The van der Waals surface area contributed by atoms with Crippen LogP contribution in [0.1, 0.15) is 27.8 Å². The van der Waals surface area contributed by atoms with Crippen LogP contribution in [0.2, 0.25) is 5.02 Å². The van der Waals surface area contributed by atoms with E-state index in [0.29, 0.717) is 32.2 Å². The average Bonchev–Trinajstić information content (AvgIpc) is 3.37. The molecule has 2 heterocycles. The second kappa shape index (κ2) is 8.85. The first kappa shape index (κ1) is 22.6. The minimum Gasteiger partial charge on any atom is -0.454 e. The van der Waals surface area contributed by atoms with Gasteiger partial charge in [-0.2, -0.15) is 0 Å². The summed E-state index contributed by atoms with van der Waals surface area (Å²) in [5.74, 6) is 1.07. The molecule has 34 heavy (non-hydrogen) atoms. The Kier molecular flexibility index (Phi) is 5.88. The number of halogens is 1. The largest absolute Gasteiger partial charge is 0.454 e. The molecular formula is C27H23ClN2O3S. The number of anilines is 1. The molecule has 0 spiro atoms. The first-order valence-corrected chi connectivity index (χ1v) is 12.1. The number of amidine groups is 1. The molecule has 0 saturated carbocycles. The number of carbonyl (C=O) groups is 1. The topological polar surface area (TPSA) is 51.1 Å². The normalized spacial score (nSPS) is 17.3. The maximum Gasteiger partial charge on any atom is 0.271 e. The fraction of sp³-hybridized carbons (Fsp3) is 0.185. The summed E-state index contributed by atoms with van der Waals surface area (Å²) in [4.78, 5) is 20.7. The Hall–Kier alpha value is -3.22. The van der Waals surface area contributed by atoms with Gasteiger partial charge in [-0.15, -0.1) is 0 Å². The fourth-order valence-electron chi connectivity index (χ4n) is 3.73. The second-order valence-corrected chi connectivity index (χ2v) is 9.83. The molecular weight excluding hydrogens is 468 g/mol. The molecule has 172 valence electrons. The van der Waals surface area contributed by atoms with Crippen LogP contribution in [0.5, 0.6) is 11.5 Å². The molecule has 0 aromatic heterocycles. The van der Waals surface area contributed by atoms with E-state index in [0.717, 1.165) is 22.5 Å². The van der Waals surface area contributed by atoms with Crippen LogP contribution < -0.4 is 14.4 Å². The fourth-order valence-corrected chi connectivity index (χ4v) is 4.93. The van der Waals surface area contributed by atoms with Gasteiger partial charge in [-0.3, -0.25) is 9.69 Å². The smallest absolute Gasteiger partial charge is 0.271 e. The van der Waals surface area contributed by atoms with Gasteiger partial charge in [0.15, 0.2) is 16.7 Å². The van der Waals surface area contributed by atoms with Crippen LogP contribution in [0.15, 0.2) is 58.4 Å². The highest BCUT2D eigenvalue weighted by atomic mass is 35.5. The highest BCUT2D eigenvalue weighted by Gasteiger charge is 2.35. The zero-order valence-electron chi connectivity index (χ0n) is 19.3. The number of nitrogens with zero attached hydrogens (tertiary/aromatic N) is 2. The molecule has 0 radical (unpaired) electrons. The van der Waals surface area contributed by atoms with Crippen LogP contribution in [0.25, 0.3) is 6.08 Å². The number of fused-ring (bicyclic) bond motifs is 1. The van der Waals surface area contributed by atoms with E-state index < -0.39 is 0 Å². The summed E-state index contributed by atoms with van der Waals surface area (Å²) in [7, 11) is 0. The molecule has 0 unspecified atom stereocenters. The van der Waals surface area contributed by atoms with Crippen LogP contribution in [-0.2, 0) is 4.79 Å². The number of aliphatic imine (C=N–C) groups is 1. The summed E-state index contributed by atoms with van der Waals surface area (Å²) in [6, 6.07) is 15.5. The molecule has 2 aliphatic rings. The van der Waals surface area contributed by atoms with Crippen molar-refractivity contribution in [3.63, 3.8) is 0 Å². The minimum absolute atomic E-state index is 0.149. The number of hydrogen-bond acceptors (Lipinski definition) is 5. The van der Waals surface area contributed by atoms with Crippen molar-refractivity contribution < 1.29 is 14.3 Å². The number of carbonyl (C=O) groups excluding carboxylic acids is 1. The number of ether oxygens (including phenoxy) is 2. The molecule has 1 amide bonds. The molecule has 1 fully saturated rings. The zero-order valence-corrected chi connectivity index (χ0v) is 20.9. The quantitative estimate of drug-likeness (QED) is 0.367. The predicted molar refractivity (Wildman–Crippen MR) is 140 cm³/mol. The summed E-state index contributed by atoms with van der Waals surface area (Å²) in [6.45, 7) is 8.37. The molecule has 0 bridgehead atoms. The predicted octanol–water partition coefficient (Wildman–Crippen LogP) is 7.11. The van der Waals surface area contributed by atoms with Gasteiger partial charge in [0.2, 0.25) is 6.79 Å². The maximum absolute atomic E-state index is 13.6. The van der Waals surface area contributed by atoms with Crippen molar-refractivity contribution in [2.75, 3.05) is 11.7 Å². The molecule has 5 rings (SSSR count). The zero-order chi connectivity index (χ0) is 24.0. The lowest BCUT2D eigenvalue weighted by Gasteiger charge is -2.17. The Morgan fingerprint density at radius 2 is 1.59 bits per heavy atom. The van der Waals surface area contributed by atoms with Crippen molar-refractivity contribution in [2.24, 2.45) is 4.99 Å². The standard InChI is InChI=1S/C27H23ClN2O3S/c1-15-5-7-20(9-17(15)3)29-27-30(21-8-6-16(2)18(4)10-21)26(31)25(34-27)12-19-11-23-24(13-22(19)28)33-14-32-23/h5-13H,14H2,1-4H3/b25-12+,29-27?. The molecule has 7 heteroatoms. The van der Waals surface area contributed by atoms with Gasteiger partial charge in [0.1, 0.15) is 0 Å². The Labute approximate surface area is 208 Å². The summed E-state index contributed by atoms with van der Waals surface area (Å²) in [6.07, 6.45) is 1.79. The monoisotopic (exact) mass is 490 g/mol. The third kappa shape index (κ3) is 4.19. The van der Waals surface area contributed by atoms with Gasteiger partial charge in [0, 0.05) is 6.07 Å². The van der Waals surface area contributed by atoms with Crippen LogP contribution in [0, 0.1) is 27.7 Å². The van der Waals surface area contributed by atoms with Gasteiger partial charge in [0.05, 0.1) is 21.3 Å². The van der Waals surface area contributed by atoms with Gasteiger partial charge in [-0.05, 0) is 104 Å². The van der Waals surface area contributed by atoms with Crippen LogP contribution in [0.4, 0.5) is 11.4 Å². The number of rotatable bonds is 3. The number of thioether (sulfide) groups is 1. The van der Waals surface area contributed by atoms with Crippen LogP contribution >= 0.6 is 23.4 Å². The van der Waals surface area contributed by atoms with E-state index >= 15 is 0 Å². The van der Waals surface area contributed by atoms with Crippen molar-refractivity contribution in [1.29, 1.82) is 0 Å². The van der Waals surface area contributed by atoms with E-state index in [9.17, 15) is 4.79 Å². The van der Waals surface area contributed by atoms with E-state index in [4.69, 9.17) is 26.1 Å². The first-order valence-electron chi connectivity index (χ1n) is 10.9. The Morgan fingerprint density at radius 3 is 2.29 bits per heavy atom. The number of benzene rings is 3. The molecule has 3 aromatic rings. The number of aryl methyl sites for hydroxylation is 4. The molecule has 5 nitrogen and oxygen atoms in total. The van der Waals surface area contributed by atoms with Crippen molar-refractivity contribution in [2.45, 2.75) is 27.7 Å². The minimum atomic E-state index is -0.149. The number of hydrogen-bond donors (Lipinski definition) is 0. The first-order chi connectivity index (χ1) is 16.3. The third-order valence-electron chi connectivity index (χ3n) is 6.05. The summed E-state index contributed by atoms with van der Waals surface area (Å²) < 4.78 is 10.9. The second-order valence-electron chi connectivity index (χ2n) is 8.41. The summed E-state index contributed by atoms with van der Waals surface area (Å²) in [5.41, 5.74) is 6.89. The van der Waals surface area contributed by atoms with E-state index in [1.54, 1.807) is 23.1 Å². The van der Waals surface area contributed by atoms with Crippen molar-refractivity contribution in [3.05, 3.63) is 86.3 Å².